The largest absolute Gasteiger partial charge is 0.497 e. The smallest absolute Gasteiger partial charge is 0.264 e. The average molecular weight is 572 g/mol. The molecule has 0 saturated heterocycles. The van der Waals surface area contributed by atoms with Crippen molar-refractivity contribution in [3.05, 3.63) is 88.9 Å². The maximum absolute atomic E-state index is 13.9. The molecule has 0 heterocycles. The Bertz CT molecular complexity index is 1380. The minimum absolute atomic E-state index is 0.00149. The number of amides is 2. The number of carbonyl (C=O) groups is 2. The number of ether oxygens (including phenoxy) is 1. The summed E-state index contributed by atoms with van der Waals surface area (Å²) in [4.78, 5) is 28.2. The van der Waals surface area contributed by atoms with E-state index in [4.69, 9.17) is 16.3 Å². The first-order chi connectivity index (χ1) is 18.6. The second-order valence-corrected chi connectivity index (χ2v) is 11.4. The van der Waals surface area contributed by atoms with Crippen molar-refractivity contribution in [2.24, 2.45) is 0 Å². The van der Waals surface area contributed by atoms with E-state index in [1.165, 1.54) is 29.2 Å². The zero-order valence-electron chi connectivity index (χ0n) is 22.6. The molecule has 3 aromatic rings. The van der Waals surface area contributed by atoms with Crippen LogP contribution in [0.1, 0.15) is 31.4 Å². The number of aryl methyl sites for hydroxylation is 1. The highest BCUT2D eigenvalue weighted by molar-refractivity contribution is 7.92. The summed E-state index contributed by atoms with van der Waals surface area (Å²) in [5.74, 6) is -0.183. The third-order valence-electron chi connectivity index (χ3n) is 6.29. The Morgan fingerprint density at radius 3 is 2.23 bits per heavy atom. The molecule has 0 fully saturated rings. The third kappa shape index (κ3) is 7.52. The van der Waals surface area contributed by atoms with Gasteiger partial charge in [0.05, 0.1) is 17.7 Å². The topological polar surface area (TPSA) is 96.0 Å². The lowest BCUT2D eigenvalue weighted by molar-refractivity contribution is -0.139. The molecule has 3 aromatic carbocycles. The molecule has 208 valence electrons. The van der Waals surface area contributed by atoms with Gasteiger partial charge in [-0.1, -0.05) is 48.9 Å². The van der Waals surface area contributed by atoms with Gasteiger partial charge in [-0.25, -0.2) is 8.42 Å². The molecule has 8 nitrogen and oxygen atoms in total. The van der Waals surface area contributed by atoms with Gasteiger partial charge >= 0.3 is 0 Å². The molecule has 0 saturated carbocycles. The minimum Gasteiger partial charge on any atom is -0.497 e. The second kappa shape index (κ2) is 13.5. The Balaban J connectivity index is 2.02. The molecule has 3 rings (SSSR count). The second-order valence-electron chi connectivity index (χ2n) is 9.09. The quantitative estimate of drug-likeness (QED) is 0.337. The van der Waals surface area contributed by atoms with Gasteiger partial charge in [0.1, 0.15) is 18.3 Å². The van der Waals surface area contributed by atoms with Crippen molar-refractivity contribution in [3.63, 3.8) is 0 Å². The highest BCUT2D eigenvalue weighted by atomic mass is 35.5. The van der Waals surface area contributed by atoms with Crippen LogP contribution in [0.3, 0.4) is 0 Å². The molecule has 1 atom stereocenters. The fourth-order valence-electron chi connectivity index (χ4n) is 4.00. The maximum Gasteiger partial charge on any atom is 0.264 e. The van der Waals surface area contributed by atoms with E-state index in [2.05, 4.69) is 5.32 Å². The van der Waals surface area contributed by atoms with Crippen LogP contribution < -0.4 is 14.4 Å². The van der Waals surface area contributed by atoms with E-state index in [1.54, 1.807) is 69.5 Å². The monoisotopic (exact) mass is 571 g/mol. The van der Waals surface area contributed by atoms with Gasteiger partial charge in [0, 0.05) is 18.1 Å². The van der Waals surface area contributed by atoms with Crippen LogP contribution in [-0.2, 0) is 26.2 Å². The minimum atomic E-state index is -4.15. The van der Waals surface area contributed by atoms with Gasteiger partial charge in [0.25, 0.3) is 10.0 Å². The van der Waals surface area contributed by atoms with Gasteiger partial charge in [0.2, 0.25) is 11.8 Å². The van der Waals surface area contributed by atoms with Crippen molar-refractivity contribution in [2.75, 3.05) is 24.5 Å². The summed E-state index contributed by atoms with van der Waals surface area (Å²) < 4.78 is 34.0. The van der Waals surface area contributed by atoms with Gasteiger partial charge in [0.15, 0.2) is 0 Å². The molecule has 0 aromatic heterocycles. The van der Waals surface area contributed by atoms with Crippen molar-refractivity contribution < 1.29 is 22.7 Å². The van der Waals surface area contributed by atoms with Crippen LogP contribution in [-0.4, -0.2) is 51.4 Å². The van der Waals surface area contributed by atoms with Gasteiger partial charge in [-0.15, -0.1) is 0 Å². The van der Waals surface area contributed by atoms with Gasteiger partial charge in [-0.3, -0.25) is 13.9 Å². The first-order valence-corrected chi connectivity index (χ1v) is 14.4. The fourth-order valence-corrected chi connectivity index (χ4v) is 5.60. The number of carbonyl (C=O) groups excluding carboxylic acids is 2. The molecule has 0 spiro atoms. The van der Waals surface area contributed by atoms with E-state index in [-0.39, 0.29) is 17.3 Å². The van der Waals surface area contributed by atoms with Crippen molar-refractivity contribution in [2.45, 2.75) is 44.7 Å². The number of hydrogen-bond donors (Lipinski definition) is 1. The lowest BCUT2D eigenvalue weighted by atomic mass is 10.1. The summed E-state index contributed by atoms with van der Waals surface area (Å²) in [7, 11) is -2.59. The number of para-hydroxylation sites is 1. The zero-order chi connectivity index (χ0) is 28.6. The first-order valence-electron chi connectivity index (χ1n) is 12.6. The van der Waals surface area contributed by atoms with Crippen molar-refractivity contribution in [1.82, 2.24) is 10.2 Å². The van der Waals surface area contributed by atoms with E-state index in [0.29, 0.717) is 28.6 Å². The van der Waals surface area contributed by atoms with Crippen molar-refractivity contribution in [3.8, 4) is 5.75 Å². The van der Waals surface area contributed by atoms with E-state index >= 15 is 0 Å². The first kappa shape index (κ1) is 30.0. The molecule has 0 aliphatic rings. The number of methoxy groups -OCH3 is 1. The van der Waals surface area contributed by atoms with Crippen LogP contribution >= 0.6 is 11.6 Å². The van der Waals surface area contributed by atoms with Crippen LogP contribution in [0.4, 0.5) is 5.69 Å². The molecule has 1 unspecified atom stereocenters. The van der Waals surface area contributed by atoms with Crippen LogP contribution in [0.25, 0.3) is 0 Å². The van der Waals surface area contributed by atoms with Crippen LogP contribution in [0.2, 0.25) is 5.02 Å². The number of halogens is 1. The van der Waals surface area contributed by atoms with Gasteiger partial charge in [-0.2, -0.15) is 0 Å². The SMILES string of the molecule is CCCNC(=O)C(C)N(Cc1ccc(OC)cc1)C(=O)CN(c1ccccc1C)S(=O)(=O)c1ccc(Cl)cc1. The fraction of sp³-hybridized carbons (Fsp3) is 0.310. The number of anilines is 1. The standard InChI is InChI=1S/C29H34ClN3O5S/c1-5-18-31-29(35)22(3)32(19-23-10-14-25(38-4)15-11-23)28(34)20-33(27-9-7-6-8-21(27)2)39(36,37)26-16-12-24(30)13-17-26/h6-17,22H,5,18-20H2,1-4H3,(H,31,35). The van der Waals surface area contributed by atoms with Crippen LogP contribution in [0.15, 0.2) is 77.7 Å². The highest BCUT2D eigenvalue weighted by Crippen LogP contribution is 2.28. The van der Waals surface area contributed by atoms with E-state index in [9.17, 15) is 18.0 Å². The number of nitrogens with zero attached hydrogens (tertiary/aromatic N) is 2. The molecular weight excluding hydrogens is 538 g/mol. The van der Waals surface area contributed by atoms with Crippen LogP contribution in [0.5, 0.6) is 5.75 Å². The van der Waals surface area contributed by atoms with Crippen molar-refractivity contribution in [1.29, 1.82) is 0 Å². The number of hydrogen-bond acceptors (Lipinski definition) is 5. The summed E-state index contributed by atoms with van der Waals surface area (Å²) >= 11 is 5.99. The zero-order valence-corrected chi connectivity index (χ0v) is 24.1. The average Bonchev–Trinajstić information content (AvgIpc) is 2.93. The lowest BCUT2D eigenvalue weighted by Crippen LogP contribution is -2.51. The summed E-state index contributed by atoms with van der Waals surface area (Å²) in [6.45, 7) is 5.42. The predicted molar refractivity (Wildman–Crippen MR) is 153 cm³/mol. The molecule has 0 aliphatic carbocycles. The molecule has 0 bridgehead atoms. The summed E-state index contributed by atoms with van der Waals surface area (Å²) in [6, 6.07) is 19.0. The summed E-state index contributed by atoms with van der Waals surface area (Å²) in [5, 5.41) is 3.22. The molecule has 0 radical (unpaired) electrons. The Labute approximate surface area is 235 Å². The molecule has 10 heteroatoms. The Morgan fingerprint density at radius 2 is 1.64 bits per heavy atom. The molecule has 2 amide bonds. The number of rotatable bonds is 12. The molecule has 0 aliphatic heterocycles. The van der Waals surface area contributed by atoms with E-state index < -0.39 is 28.5 Å². The number of benzene rings is 3. The third-order valence-corrected chi connectivity index (χ3v) is 8.32. The van der Waals surface area contributed by atoms with E-state index in [0.717, 1.165) is 16.3 Å². The van der Waals surface area contributed by atoms with Crippen molar-refractivity contribution >= 4 is 39.1 Å². The summed E-state index contributed by atoms with van der Waals surface area (Å²) in [5.41, 5.74) is 1.81. The maximum atomic E-state index is 13.9. The Kier molecular flexibility index (Phi) is 10.4. The Hall–Kier alpha value is -3.56. The molecular formula is C29H34ClN3O5S. The molecule has 1 N–H and O–H groups in total. The number of nitrogens with one attached hydrogen (secondary N) is 1. The summed E-state index contributed by atoms with van der Waals surface area (Å²) in [6.07, 6.45) is 0.741. The van der Waals surface area contributed by atoms with Crippen LogP contribution in [0, 0.1) is 6.92 Å². The van der Waals surface area contributed by atoms with Gasteiger partial charge < -0.3 is 15.0 Å². The number of sulfonamides is 1. The lowest BCUT2D eigenvalue weighted by Gasteiger charge is -2.32. The molecule has 39 heavy (non-hydrogen) atoms. The highest BCUT2D eigenvalue weighted by Gasteiger charge is 2.33. The predicted octanol–water partition coefficient (Wildman–Crippen LogP) is 4.80. The van der Waals surface area contributed by atoms with Gasteiger partial charge in [-0.05, 0) is 73.9 Å². The normalized spacial score (nSPS) is 11.9. The van der Waals surface area contributed by atoms with E-state index in [1.807, 2.05) is 6.92 Å². The Morgan fingerprint density at radius 1 is 1.00 bits per heavy atom.